The van der Waals surface area contributed by atoms with E-state index >= 15 is 0 Å². The van der Waals surface area contributed by atoms with Crippen LogP contribution in [0.2, 0.25) is 0 Å². The maximum Gasteiger partial charge on any atom is 0.254 e. The molecule has 1 heterocycles. The number of carbonyl (C=O) groups excluding carboxylic acids is 1. The minimum Gasteiger partial charge on any atom is -0.390 e. The Labute approximate surface area is 173 Å². The highest BCUT2D eigenvalue weighted by Gasteiger charge is 2.27. The number of amides is 1. The summed E-state index contributed by atoms with van der Waals surface area (Å²) in [6.45, 7) is 0.517. The molecule has 0 aromatic heterocycles. The van der Waals surface area contributed by atoms with E-state index < -0.39 is 5.82 Å². The van der Waals surface area contributed by atoms with E-state index in [1.807, 2.05) is 30.3 Å². The van der Waals surface area contributed by atoms with Crippen LogP contribution in [-0.4, -0.2) is 29.2 Å². The predicted octanol–water partition coefficient (Wildman–Crippen LogP) is 4.80. The molecule has 0 aliphatic carbocycles. The molecule has 1 aliphatic heterocycles. The number of carbonyl (C=O) groups is 1. The average molecular weight is 406 g/mol. The lowest BCUT2D eigenvalue weighted by molar-refractivity contribution is 0.0405. The van der Waals surface area contributed by atoms with Crippen molar-refractivity contribution < 1.29 is 18.4 Å². The van der Waals surface area contributed by atoms with E-state index in [1.54, 1.807) is 23.1 Å². The number of benzene rings is 3. The topological polar surface area (TPSA) is 41.9 Å². The van der Waals surface area contributed by atoms with Crippen LogP contribution in [0.1, 0.15) is 27.9 Å². The maximum absolute atomic E-state index is 13.7. The molecule has 0 saturated carbocycles. The van der Waals surface area contributed by atoms with Gasteiger partial charge in [-0.25, -0.2) is 8.78 Å². The Bertz CT molecular complexity index is 1050. The van der Waals surface area contributed by atoms with Crippen LogP contribution in [0.3, 0.4) is 0 Å². The minimum absolute atomic E-state index is 0.246. The Kier molecular flexibility index (Phi) is 5.84. The van der Waals surface area contributed by atoms with Crippen molar-refractivity contribution in [3.05, 3.63) is 107 Å². The summed E-state index contributed by atoms with van der Waals surface area (Å²) in [4.78, 5) is 20.3. The zero-order valence-electron chi connectivity index (χ0n) is 16.2. The van der Waals surface area contributed by atoms with Gasteiger partial charge in [0.15, 0.2) is 6.10 Å². The lowest BCUT2D eigenvalue weighted by atomic mass is 10.0. The van der Waals surface area contributed by atoms with Crippen molar-refractivity contribution in [2.24, 2.45) is 5.16 Å². The van der Waals surface area contributed by atoms with Crippen molar-refractivity contribution in [1.82, 2.24) is 4.90 Å². The number of rotatable bonds is 6. The molecule has 1 amide bonds. The van der Waals surface area contributed by atoms with Gasteiger partial charge < -0.3 is 9.74 Å². The maximum atomic E-state index is 13.7. The molecule has 0 saturated heterocycles. The number of oxime groups is 1. The van der Waals surface area contributed by atoms with Crippen LogP contribution in [0.15, 0.2) is 84.0 Å². The summed E-state index contributed by atoms with van der Waals surface area (Å²) in [5.74, 6) is -1.15. The van der Waals surface area contributed by atoms with Gasteiger partial charge in [0.05, 0.1) is 12.3 Å². The van der Waals surface area contributed by atoms with Crippen LogP contribution in [0.4, 0.5) is 8.78 Å². The van der Waals surface area contributed by atoms with Gasteiger partial charge in [-0.05, 0) is 41.5 Å². The van der Waals surface area contributed by atoms with Gasteiger partial charge in [0, 0.05) is 18.5 Å². The average Bonchev–Trinajstić information content (AvgIpc) is 3.23. The molecule has 1 atom stereocenters. The largest absolute Gasteiger partial charge is 0.390 e. The van der Waals surface area contributed by atoms with Gasteiger partial charge >= 0.3 is 0 Å². The molecule has 0 bridgehead atoms. The molecular weight excluding hydrogens is 386 g/mol. The summed E-state index contributed by atoms with van der Waals surface area (Å²) in [6, 6.07) is 21.2. The van der Waals surface area contributed by atoms with E-state index in [2.05, 4.69) is 5.16 Å². The van der Waals surface area contributed by atoms with Crippen molar-refractivity contribution in [1.29, 1.82) is 0 Å². The highest BCUT2D eigenvalue weighted by atomic mass is 19.1. The zero-order chi connectivity index (χ0) is 20.9. The SMILES string of the molecule is O=C(c1cccc(F)c1)N(Cc1ccc(F)cc1)C[C@H]1CC(c2ccccc2)=NO1. The van der Waals surface area contributed by atoms with E-state index in [0.29, 0.717) is 6.42 Å². The second kappa shape index (κ2) is 8.86. The van der Waals surface area contributed by atoms with Gasteiger partial charge in [0.2, 0.25) is 0 Å². The molecule has 3 aromatic carbocycles. The smallest absolute Gasteiger partial charge is 0.254 e. The third-order valence-corrected chi connectivity index (χ3v) is 4.91. The van der Waals surface area contributed by atoms with E-state index in [1.165, 1.54) is 30.3 Å². The lowest BCUT2D eigenvalue weighted by Crippen LogP contribution is -2.37. The number of halogens is 2. The molecule has 0 unspecified atom stereocenters. The second-order valence-corrected chi connectivity index (χ2v) is 7.16. The standard InChI is InChI=1S/C24H20F2N2O2/c25-20-11-9-17(10-12-20)15-28(24(29)19-7-4-8-21(26)13-19)16-22-14-23(27-30-22)18-5-2-1-3-6-18/h1-13,22H,14-16H2/t22-/m1/s1. The van der Waals surface area contributed by atoms with Gasteiger partial charge in [-0.2, -0.15) is 0 Å². The van der Waals surface area contributed by atoms with Crippen molar-refractivity contribution in [2.45, 2.75) is 19.1 Å². The van der Waals surface area contributed by atoms with Crippen molar-refractivity contribution in [2.75, 3.05) is 6.54 Å². The van der Waals surface area contributed by atoms with Gasteiger partial charge in [-0.15, -0.1) is 0 Å². The van der Waals surface area contributed by atoms with E-state index in [-0.39, 0.29) is 36.5 Å². The fraction of sp³-hybridized carbons (Fsp3) is 0.167. The summed E-state index contributed by atoms with van der Waals surface area (Å²) < 4.78 is 26.9. The molecule has 0 radical (unpaired) electrons. The highest BCUT2D eigenvalue weighted by Crippen LogP contribution is 2.20. The molecule has 0 fully saturated rings. The van der Waals surface area contributed by atoms with Gasteiger partial charge in [-0.1, -0.05) is 53.7 Å². The fourth-order valence-electron chi connectivity index (χ4n) is 3.41. The Hall–Kier alpha value is -3.54. The van der Waals surface area contributed by atoms with Crippen molar-refractivity contribution in [3.63, 3.8) is 0 Å². The molecule has 4 rings (SSSR count). The molecule has 6 heteroatoms. The Morgan fingerprint density at radius 2 is 1.73 bits per heavy atom. The monoisotopic (exact) mass is 406 g/mol. The molecular formula is C24H20F2N2O2. The van der Waals surface area contributed by atoms with Crippen LogP contribution in [0, 0.1) is 11.6 Å². The van der Waals surface area contributed by atoms with Gasteiger partial charge in [0.25, 0.3) is 5.91 Å². The lowest BCUT2D eigenvalue weighted by Gasteiger charge is -2.25. The predicted molar refractivity (Wildman–Crippen MR) is 110 cm³/mol. The Morgan fingerprint density at radius 1 is 0.967 bits per heavy atom. The second-order valence-electron chi connectivity index (χ2n) is 7.16. The molecule has 4 nitrogen and oxygen atoms in total. The first-order chi connectivity index (χ1) is 14.6. The Morgan fingerprint density at radius 3 is 2.47 bits per heavy atom. The summed E-state index contributed by atoms with van der Waals surface area (Å²) in [7, 11) is 0. The molecule has 3 aromatic rings. The Balaban J connectivity index is 1.51. The first-order valence-electron chi connectivity index (χ1n) is 9.66. The normalized spacial score (nSPS) is 15.4. The van der Waals surface area contributed by atoms with E-state index in [0.717, 1.165) is 16.8 Å². The zero-order valence-corrected chi connectivity index (χ0v) is 16.2. The minimum atomic E-state index is -0.477. The summed E-state index contributed by atoms with van der Waals surface area (Å²) >= 11 is 0. The van der Waals surface area contributed by atoms with Crippen LogP contribution in [0.25, 0.3) is 0 Å². The number of nitrogens with zero attached hydrogens (tertiary/aromatic N) is 2. The summed E-state index contributed by atoms with van der Waals surface area (Å²) in [5, 5.41) is 4.17. The first kappa shape index (κ1) is 19.8. The van der Waals surface area contributed by atoms with Crippen LogP contribution >= 0.6 is 0 Å². The third kappa shape index (κ3) is 4.71. The van der Waals surface area contributed by atoms with Crippen LogP contribution in [0.5, 0.6) is 0 Å². The van der Waals surface area contributed by atoms with Crippen molar-refractivity contribution >= 4 is 11.6 Å². The highest BCUT2D eigenvalue weighted by molar-refractivity contribution is 6.01. The molecule has 1 aliphatic rings. The van der Waals surface area contributed by atoms with Crippen molar-refractivity contribution in [3.8, 4) is 0 Å². The van der Waals surface area contributed by atoms with E-state index in [4.69, 9.17) is 4.84 Å². The number of hydrogen-bond acceptors (Lipinski definition) is 3. The van der Waals surface area contributed by atoms with Gasteiger partial charge in [0.1, 0.15) is 11.6 Å². The molecule has 30 heavy (non-hydrogen) atoms. The molecule has 152 valence electrons. The quantitative estimate of drug-likeness (QED) is 0.590. The summed E-state index contributed by atoms with van der Waals surface area (Å²) in [6.07, 6.45) is 0.235. The molecule has 0 spiro atoms. The van der Waals surface area contributed by atoms with Crippen LogP contribution in [-0.2, 0) is 11.4 Å². The molecule has 0 N–H and O–H groups in total. The summed E-state index contributed by atoms with van der Waals surface area (Å²) in [5.41, 5.74) is 2.81. The number of hydrogen-bond donors (Lipinski definition) is 0. The first-order valence-corrected chi connectivity index (χ1v) is 9.66. The fourth-order valence-corrected chi connectivity index (χ4v) is 3.41. The third-order valence-electron chi connectivity index (χ3n) is 4.91. The van der Waals surface area contributed by atoms with E-state index in [9.17, 15) is 13.6 Å². The van der Waals surface area contributed by atoms with Gasteiger partial charge in [-0.3, -0.25) is 4.79 Å². The van der Waals surface area contributed by atoms with Crippen LogP contribution < -0.4 is 0 Å².